The van der Waals surface area contributed by atoms with Crippen LogP contribution in [0.5, 0.6) is 0 Å². The minimum atomic E-state index is 0.0996. The standard InChI is InChI=1S/C16H34N2S/c1-6-8-10-12-14(3)17-15(19)18-16(4,5)13-11-9-7-2/h14H,6-13H2,1-5H3,(H2,17,18,19). The number of thiocarbonyl (C=S) groups is 1. The average molecular weight is 287 g/mol. The van der Waals surface area contributed by atoms with Crippen LogP contribution < -0.4 is 10.6 Å². The lowest BCUT2D eigenvalue weighted by atomic mass is 9.97. The molecule has 0 spiro atoms. The lowest BCUT2D eigenvalue weighted by Crippen LogP contribution is -2.50. The predicted molar refractivity (Wildman–Crippen MR) is 90.7 cm³/mol. The van der Waals surface area contributed by atoms with Gasteiger partial charge in [-0.1, -0.05) is 52.4 Å². The average Bonchev–Trinajstić information content (AvgIpc) is 2.28. The molecule has 0 saturated carbocycles. The first-order chi connectivity index (χ1) is 8.91. The minimum absolute atomic E-state index is 0.0996. The van der Waals surface area contributed by atoms with Gasteiger partial charge in [0.1, 0.15) is 0 Å². The molecular weight excluding hydrogens is 252 g/mol. The molecule has 0 bridgehead atoms. The molecule has 1 unspecified atom stereocenters. The normalized spacial score (nSPS) is 13.1. The molecule has 2 nitrogen and oxygen atoms in total. The van der Waals surface area contributed by atoms with Crippen molar-refractivity contribution in [2.75, 3.05) is 0 Å². The number of hydrogen-bond donors (Lipinski definition) is 2. The molecule has 0 aromatic rings. The van der Waals surface area contributed by atoms with E-state index in [4.69, 9.17) is 12.2 Å². The second kappa shape index (κ2) is 10.5. The third-order valence-electron chi connectivity index (χ3n) is 3.48. The van der Waals surface area contributed by atoms with E-state index in [-0.39, 0.29) is 5.54 Å². The first-order valence-corrected chi connectivity index (χ1v) is 8.40. The summed E-state index contributed by atoms with van der Waals surface area (Å²) in [7, 11) is 0. The van der Waals surface area contributed by atoms with Crippen molar-refractivity contribution < 1.29 is 0 Å². The van der Waals surface area contributed by atoms with Gasteiger partial charge >= 0.3 is 0 Å². The molecule has 0 rings (SSSR count). The summed E-state index contributed by atoms with van der Waals surface area (Å²) in [5.41, 5.74) is 0.0996. The molecule has 2 N–H and O–H groups in total. The van der Waals surface area contributed by atoms with Crippen LogP contribution in [0.2, 0.25) is 0 Å². The van der Waals surface area contributed by atoms with E-state index in [1.165, 1.54) is 51.4 Å². The van der Waals surface area contributed by atoms with Crippen molar-refractivity contribution >= 4 is 17.3 Å². The Morgan fingerprint density at radius 1 is 1.05 bits per heavy atom. The van der Waals surface area contributed by atoms with Gasteiger partial charge in [0.2, 0.25) is 0 Å². The molecule has 0 heterocycles. The van der Waals surface area contributed by atoms with Crippen LogP contribution >= 0.6 is 12.2 Å². The maximum atomic E-state index is 5.41. The Morgan fingerprint density at radius 2 is 1.63 bits per heavy atom. The summed E-state index contributed by atoms with van der Waals surface area (Å²) in [6.07, 6.45) is 10.1. The molecule has 19 heavy (non-hydrogen) atoms. The first kappa shape index (κ1) is 18.7. The van der Waals surface area contributed by atoms with Crippen molar-refractivity contribution in [3.63, 3.8) is 0 Å². The highest BCUT2D eigenvalue weighted by Gasteiger charge is 2.18. The van der Waals surface area contributed by atoms with Crippen molar-refractivity contribution in [2.45, 2.75) is 97.6 Å². The third kappa shape index (κ3) is 11.2. The lowest BCUT2D eigenvalue weighted by Gasteiger charge is -2.29. The summed E-state index contributed by atoms with van der Waals surface area (Å²) in [4.78, 5) is 0. The van der Waals surface area contributed by atoms with Crippen molar-refractivity contribution in [3.8, 4) is 0 Å². The van der Waals surface area contributed by atoms with Crippen LogP contribution in [0.25, 0.3) is 0 Å². The monoisotopic (exact) mass is 286 g/mol. The zero-order chi connectivity index (χ0) is 14.7. The maximum Gasteiger partial charge on any atom is 0.166 e. The molecule has 1 atom stereocenters. The van der Waals surface area contributed by atoms with Crippen molar-refractivity contribution in [1.82, 2.24) is 10.6 Å². The van der Waals surface area contributed by atoms with Gasteiger partial charge in [0, 0.05) is 11.6 Å². The van der Waals surface area contributed by atoms with Gasteiger partial charge in [-0.05, 0) is 45.8 Å². The van der Waals surface area contributed by atoms with Crippen LogP contribution in [0.3, 0.4) is 0 Å². The molecule has 0 radical (unpaired) electrons. The lowest BCUT2D eigenvalue weighted by molar-refractivity contribution is 0.399. The molecule has 0 saturated heterocycles. The van der Waals surface area contributed by atoms with Gasteiger partial charge in [0.15, 0.2) is 5.11 Å². The third-order valence-corrected chi connectivity index (χ3v) is 3.70. The smallest absolute Gasteiger partial charge is 0.166 e. The first-order valence-electron chi connectivity index (χ1n) is 8.00. The molecular formula is C16H34N2S. The van der Waals surface area contributed by atoms with Crippen LogP contribution in [-0.4, -0.2) is 16.7 Å². The van der Waals surface area contributed by atoms with Crippen LogP contribution in [-0.2, 0) is 0 Å². The highest BCUT2D eigenvalue weighted by atomic mass is 32.1. The Labute approximate surface area is 126 Å². The van der Waals surface area contributed by atoms with E-state index >= 15 is 0 Å². The summed E-state index contributed by atoms with van der Waals surface area (Å²) >= 11 is 5.41. The highest BCUT2D eigenvalue weighted by molar-refractivity contribution is 7.80. The van der Waals surface area contributed by atoms with Crippen molar-refractivity contribution in [1.29, 1.82) is 0 Å². The Balaban J connectivity index is 3.87. The minimum Gasteiger partial charge on any atom is -0.360 e. The van der Waals surface area contributed by atoms with Gasteiger partial charge in [-0.25, -0.2) is 0 Å². The van der Waals surface area contributed by atoms with Crippen LogP contribution in [0, 0.1) is 0 Å². The number of hydrogen-bond acceptors (Lipinski definition) is 1. The van der Waals surface area contributed by atoms with Crippen molar-refractivity contribution in [3.05, 3.63) is 0 Å². The Kier molecular flexibility index (Phi) is 10.3. The second-order valence-electron chi connectivity index (χ2n) is 6.34. The molecule has 3 heteroatoms. The van der Waals surface area contributed by atoms with E-state index < -0.39 is 0 Å². The van der Waals surface area contributed by atoms with Gasteiger partial charge in [0.25, 0.3) is 0 Å². The van der Waals surface area contributed by atoms with E-state index in [1.54, 1.807) is 0 Å². The zero-order valence-corrected chi connectivity index (χ0v) is 14.5. The topological polar surface area (TPSA) is 24.1 Å². The van der Waals surface area contributed by atoms with E-state index in [2.05, 4.69) is 45.3 Å². The fourth-order valence-corrected chi connectivity index (χ4v) is 2.70. The van der Waals surface area contributed by atoms with Gasteiger partial charge in [-0.15, -0.1) is 0 Å². The van der Waals surface area contributed by atoms with Crippen LogP contribution in [0.1, 0.15) is 86.0 Å². The van der Waals surface area contributed by atoms with E-state index in [9.17, 15) is 0 Å². The number of rotatable bonds is 10. The molecule has 0 amide bonds. The van der Waals surface area contributed by atoms with E-state index in [0.717, 1.165) is 5.11 Å². The van der Waals surface area contributed by atoms with Crippen molar-refractivity contribution in [2.24, 2.45) is 0 Å². The van der Waals surface area contributed by atoms with Gasteiger partial charge < -0.3 is 10.6 Å². The fraction of sp³-hybridized carbons (Fsp3) is 0.938. The predicted octanol–water partition coefficient (Wildman–Crippen LogP) is 4.78. The molecule has 0 aromatic heterocycles. The largest absolute Gasteiger partial charge is 0.360 e. The summed E-state index contributed by atoms with van der Waals surface area (Å²) in [6, 6.07) is 0.470. The maximum absolute atomic E-state index is 5.41. The molecule has 114 valence electrons. The van der Waals surface area contributed by atoms with Gasteiger partial charge in [-0.2, -0.15) is 0 Å². The summed E-state index contributed by atoms with van der Waals surface area (Å²) in [6.45, 7) is 11.2. The Bertz CT molecular complexity index is 239. The highest BCUT2D eigenvalue weighted by Crippen LogP contribution is 2.14. The van der Waals surface area contributed by atoms with E-state index in [1.807, 2.05) is 0 Å². The molecule has 0 aliphatic carbocycles. The van der Waals surface area contributed by atoms with Gasteiger partial charge in [0.05, 0.1) is 0 Å². The summed E-state index contributed by atoms with van der Waals surface area (Å²) < 4.78 is 0. The fourth-order valence-electron chi connectivity index (χ4n) is 2.22. The van der Waals surface area contributed by atoms with Crippen LogP contribution in [0.15, 0.2) is 0 Å². The quantitative estimate of drug-likeness (QED) is 0.446. The molecule has 0 fully saturated rings. The molecule has 0 aliphatic rings. The Morgan fingerprint density at radius 3 is 2.21 bits per heavy atom. The van der Waals surface area contributed by atoms with Gasteiger partial charge in [-0.3, -0.25) is 0 Å². The number of nitrogens with one attached hydrogen (secondary N) is 2. The summed E-state index contributed by atoms with van der Waals surface area (Å²) in [5.74, 6) is 0. The molecule has 0 aliphatic heterocycles. The van der Waals surface area contributed by atoms with Crippen LogP contribution in [0.4, 0.5) is 0 Å². The number of unbranched alkanes of at least 4 members (excludes halogenated alkanes) is 4. The van der Waals surface area contributed by atoms with E-state index in [0.29, 0.717) is 6.04 Å². The SMILES string of the molecule is CCCCCC(C)NC(=S)NC(C)(C)CCCCC. The zero-order valence-electron chi connectivity index (χ0n) is 13.6. The summed E-state index contributed by atoms with van der Waals surface area (Å²) in [5, 5.41) is 7.67. The second-order valence-corrected chi connectivity index (χ2v) is 6.74. The Hall–Kier alpha value is -0.310. The molecule has 0 aromatic carbocycles.